The predicted molar refractivity (Wildman–Crippen MR) is 239 cm³/mol. The molecule has 0 fully saturated rings. The van der Waals surface area contributed by atoms with Crippen LogP contribution >= 0.6 is 0 Å². The van der Waals surface area contributed by atoms with Gasteiger partial charge in [-0.1, -0.05) is 0 Å². The number of aromatic nitrogens is 12. The molecule has 306 valence electrons. The topological polar surface area (TPSA) is 92.6 Å². The molecule has 2 aliphatic rings. The lowest BCUT2D eigenvalue weighted by atomic mass is 10.1. The minimum Gasteiger partial charge on any atom is -0.354 e. The van der Waals surface area contributed by atoms with Gasteiger partial charge in [0.2, 0.25) is 0 Å². The molecule has 0 spiro atoms. The summed E-state index contributed by atoms with van der Waals surface area (Å²) in [6, 6.07) is 8.91. The molecule has 60 heavy (non-hydrogen) atoms. The smallest absolute Gasteiger partial charge is 0.293 e. The summed E-state index contributed by atoms with van der Waals surface area (Å²) < 4.78 is 18.3. The third kappa shape index (κ3) is 5.35. The Bertz CT molecular complexity index is 3160. The molecule has 0 amide bonds. The van der Waals surface area contributed by atoms with E-state index < -0.39 is 0 Å². The van der Waals surface area contributed by atoms with E-state index in [-0.39, 0.29) is 0 Å². The van der Waals surface area contributed by atoms with Crippen LogP contribution in [0.5, 0.6) is 0 Å². The van der Waals surface area contributed by atoms with Crippen molar-refractivity contribution in [3.8, 4) is 45.6 Å². The summed E-state index contributed by atoms with van der Waals surface area (Å²) in [5.74, 6) is 4.30. The SMILES string of the molecule is Cc1c(C)[n+](C)c(-c2cc3[nH]c2cc2nc(c(-c4n(C)c(C)c(C)[n+]4C)c4ccc([nH]4)c(-c4n(C)c(C)c(C)[n+]4C)c4nc(c3-c3n(C)c(C)c(C)[n+]3C)C=C4)C=C2)n1C. The summed E-state index contributed by atoms with van der Waals surface area (Å²) in [5, 5.41) is 0. The minimum atomic E-state index is 0.868. The number of hydrogen-bond donors (Lipinski definition) is 2. The van der Waals surface area contributed by atoms with Crippen LogP contribution in [0.15, 0.2) is 24.3 Å². The van der Waals surface area contributed by atoms with Gasteiger partial charge in [0.05, 0.1) is 107 Å². The van der Waals surface area contributed by atoms with Crippen LogP contribution in [-0.4, -0.2) is 38.2 Å². The van der Waals surface area contributed by atoms with Crippen molar-refractivity contribution >= 4 is 46.4 Å². The van der Waals surface area contributed by atoms with E-state index in [4.69, 9.17) is 9.97 Å². The first-order valence-electron chi connectivity index (χ1n) is 20.7. The molecule has 0 atom stereocenters. The van der Waals surface area contributed by atoms with Gasteiger partial charge in [-0.3, -0.25) is 0 Å². The lowest BCUT2D eigenvalue weighted by molar-refractivity contribution is -0.666. The van der Waals surface area contributed by atoms with Crippen LogP contribution in [-0.2, 0) is 56.4 Å². The van der Waals surface area contributed by atoms with Crippen molar-refractivity contribution in [2.45, 2.75) is 55.4 Å². The van der Waals surface area contributed by atoms with Crippen LogP contribution in [0.25, 0.3) is 91.9 Å². The van der Waals surface area contributed by atoms with E-state index in [2.05, 4.69) is 207 Å². The van der Waals surface area contributed by atoms with Gasteiger partial charge in [0, 0.05) is 55.4 Å². The normalized spacial score (nSPS) is 12.5. The monoisotopic (exact) mass is 802 g/mol. The highest BCUT2D eigenvalue weighted by Crippen LogP contribution is 2.37. The highest BCUT2D eigenvalue weighted by molar-refractivity contribution is 5.97. The molecular formula is C48H58N12+4. The number of nitrogens with one attached hydrogen (secondary N) is 2. The van der Waals surface area contributed by atoms with Gasteiger partial charge in [-0.2, -0.15) is 0 Å². The lowest BCUT2D eigenvalue weighted by Crippen LogP contribution is -2.33. The molecule has 2 aliphatic heterocycles. The Labute approximate surface area is 351 Å². The average molecular weight is 803 g/mol. The Morgan fingerprint density at radius 3 is 1.17 bits per heavy atom. The molecule has 0 aliphatic carbocycles. The van der Waals surface area contributed by atoms with Gasteiger partial charge in [-0.25, -0.2) is 46.5 Å². The fourth-order valence-corrected chi connectivity index (χ4v) is 9.58. The molecular weight excluding hydrogens is 745 g/mol. The van der Waals surface area contributed by atoms with Gasteiger partial charge in [-0.05, 0) is 48.6 Å². The second kappa shape index (κ2) is 13.5. The van der Waals surface area contributed by atoms with E-state index in [9.17, 15) is 0 Å². The third-order valence-corrected chi connectivity index (χ3v) is 14.3. The molecule has 12 nitrogen and oxygen atoms in total. The molecule has 0 radical (unpaired) electrons. The van der Waals surface area contributed by atoms with Crippen LogP contribution in [0, 0.1) is 55.4 Å². The molecule has 7 aromatic heterocycles. The van der Waals surface area contributed by atoms with E-state index in [0.717, 1.165) is 90.4 Å². The largest absolute Gasteiger partial charge is 0.354 e. The Hall–Kier alpha value is -6.56. The van der Waals surface area contributed by atoms with Crippen LogP contribution in [0.1, 0.15) is 68.3 Å². The van der Waals surface area contributed by atoms with Crippen LogP contribution in [0.3, 0.4) is 0 Å². The zero-order valence-electron chi connectivity index (χ0n) is 38.1. The average Bonchev–Trinajstić information content (AvgIpc) is 4.13. The van der Waals surface area contributed by atoms with E-state index >= 15 is 0 Å². The van der Waals surface area contributed by atoms with Crippen LogP contribution in [0.2, 0.25) is 0 Å². The summed E-state index contributed by atoms with van der Waals surface area (Å²) in [6.07, 6.45) is 8.66. The van der Waals surface area contributed by atoms with Crippen LogP contribution < -0.4 is 18.3 Å². The first-order valence-corrected chi connectivity index (χ1v) is 20.7. The maximum Gasteiger partial charge on any atom is 0.293 e. The Kier molecular flexibility index (Phi) is 8.75. The molecule has 9 heterocycles. The summed E-state index contributed by atoms with van der Waals surface area (Å²) in [6.45, 7) is 17.5. The van der Waals surface area contributed by atoms with E-state index in [1.807, 2.05) is 0 Å². The van der Waals surface area contributed by atoms with Gasteiger partial charge >= 0.3 is 0 Å². The molecule has 0 saturated heterocycles. The highest BCUT2D eigenvalue weighted by Gasteiger charge is 2.33. The van der Waals surface area contributed by atoms with Gasteiger partial charge in [-0.15, -0.1) is 0 Å². The van der Waals surface area contributed by atoms with Crippen molar-refractivity contribution in [1.29, 1.82) is 0 Å². The fraction of sp³-hybridized carbons (Fsp3) is 0.333. The molecule has 7 aromatic rings. The highest BCUT2D eigenvalue weighted by atomic mass is 15.2. The van der Waals surface area contributed by atoms with Crippen molar-refractivity contribution in [3.63, 3.8) is 0 Å². The van der Waals surface area contributed by atoms with Gasteiger partial charge in [0.1, 0.15) is 62.2 Å². The summed E-state index contributed by atoms with van der Waals surface area (Å²) in [7, 11) is 17.2. The number of imidazole rings is 4. The van der Waals surface area contributed by atoms with Crippen molar-refractivity contribution in [2.75, 3.05) is 0 Å². The molecule has 0 aromatic carbocycles. The summed E-state index contributed by atoms with van der Waals surface area (Å²) in [4.78, 5) is 19.0. The Balaban J connectivity index is 1.55. The van der Waals surface area contributed by atoms with Crippen LogP contribution in [0.4, 0.5) is 0 Å². The molecule has 12 heteroatoms. The number of hydrogen-bond acceptors (Lipinski definition) is 2. The molecule has 2 N–H and O–H groups in total. The molecule has 9 rings (SSSR count). The zero-order chi connectivity index (χ0) is 43.0. The maximum atomic E-state index is 5.64. The number of aromatic amines is 2. The zero-order valence-corrected chi connectivity index (χ0v) is 38.1. The summed E-state index contributed by atoms with van der Waals surface area (Å²) in [5.41, 5.74) is 21.2. The van der Waals surface area contributed by atoms with Gasteiger partial charge in [0.25, 0.3) is 23.3 Å². The van der Waals surface area contributed by atoms with Crippen molar-refractivity contribution in [1.82, 2.24) is 38.2 Å². The summed E-state index contributed by atoms with van der Waals surface area (Å²) >= 11 is 0. The number of H-pyrrole nitrogens is 2. The van der Waals surface area contributed by atoms with Gasteiger partial charge < -0.3 is 9.97 Å². The third-order valence-electron chi connectivity index (χ3n) is 14.3. The lowest BCUT2D eigenvalue weighted by Gasteiger charge is -2.04. The molecule has 0 saturated carbocycles. The Morgan fingerprint density at radius 1 is 0.417 bits per heavy atom. The van der Waals surface area contributed by atoms with Crippen molar-refractivity contribution in [3.05, 3.63) is 92.6 Å². The molecule has 0 unspecified atom stereocenters. The minimum absolute atomic E-state index is 0.868. The van der Waals surface area contributed by atoms with Crippen molar-refractivity contribution < 1.29 is 18.3 Å². The second-order valence-electron chi connectivity index (χ2n) is 17.0. The number of nitrogens with zero attached hydrogens (tertiary/aromatic N) is 10. The van der Waals surface area contributed by atoms with Crippen molar-refractivity contribution in [2.24, 2.45) is 56.4 Å². The number of rotatable bonds is 4. The maximum absolute atomic E-state index is 5.64. The van der Waals surface area contributed by atoms with E-state index in [1.54, 1.807) is 0 Å². The first kappa shape index (κ1) is 38.9. The fourth-order valence-electron chi connectivity index (χ4n) is 9.58. The standard InChI is InChI=1S/C48H56N12/c1-25-26(2)54(10)45(53(25)9)34-24-41-44(48-59(15)31(7)32(8)60(48)16)39-22-21-38(51-39)43(47-57(13)29(5)30(6)58(47)14)37-20-19-36(50-37)42(46-55(11)27(3)28(4)56(46)12)35-18-17-33(49-35)23-40(34)52-41/h17-24H,1-16H3/q+2/p+2. The quantitative estimate of drug-likeness (QED) is 0.201. The number of fused-ring (bicyclic) bond motifs is 8. The van der Waals surface area contributed by atoms with Gasteiger partial charge in [0.15, 0.2) is 0 Å². The predicted octanol–water partition coefficient (Wildman–Crippen LogP) is 6.44. The van der Waals surface area contributed by atoms with E-state index in [1.165, 1.54) is 45.6 Å². The molecule has 8 bridgehead atoms. The second-order valence-corrected chi connectivity index (χ2v) is 17.0. The first-order chi connectivity index (χ1) is 28.4. The Morgan fingerprint density at radius 2 is 0.767 bits per heavy atom. The van der Waals surface area contributed by atoms with E-state index in [0.29, 0.717) is 0 Å².